The fourth-order valence-corrected chi connectivity index (χ4v) is 3.78. The SMILES string of the molecule is O=[N+]([O-])c1ccc(S)c(Sc2ncnc3[nH]c(-c4ccccc4)cc23)c1. The number of thiol groups is 1. The van der Waals surface area contributed by atoms with Gasteiger partial charge in [-0.3, -0.25) is 10.1 Å². The third-order valence-corrected chi connectivity index (χ3v) is 5.45. The fraction of sp³-hybridized carbons (Fsp3) is 0. The van der Waals surface area contributed by atoms with Crippen LogP contribution >= 0.6 is 24.4 Å². The van der Waals surface area contributed by atoms with Crippen LogP contribution in [0.5, 0.6) is 0 Å². The zero-order valence-corrected chi connectivity index (χ0v) is 15.0. The van der Waals surface area contributed by atoms with Crippen LogP contribution in [0.4, 0.5) is 5.69 Å². The van der Waals surface area contributed by atoms with Crippen molar-refractivity contribution >= 4 is 41.1 Å². The average Bonchev–Trinajstić information content (AvgIpc) is 3.09. The molecule has 2 aromatic heterocycles. The lowest BCUT2D eigenvalue weighted by atomic mass is 10.1. The Labute approximate surface area is 158 Å². The number of aromatic amines is 1. The summed E-state index contributed by atoms with van der Waals surface area (Å²) >= 11 is 5.74. The largest absolute Gasteiger partial charge is 0.339 e. The van der Waals surface area contributed by atoms with Crippen LogP contribution in [-0.4, -0.2) is 19.9 Å². The normalized spacial score (nSPS) is 11.0. The van der Waals surface area contributed by atoms with Gasteiger partial charge >= 0.3 is 0 Å². The summed E-state index contributed by atoms with van der Waals surface area (Å²) in [6.07, 6.45) is 1.48. The summed E-state index contributed by atoms with van der Waals surface area (Å²) in [4.78, 5) is 23.9. The van der Waals surface area contributed by atoms with Gasteiger partial charge in [0.15, 0.2) is 0 Å². The predicted octanol–water partition coefficient (Wildman–Crippen LogP) is 4.97. The lowest BCUT2D eigenvalue weighted by molar-refractivity contribution is -0.385. The van der Waals surface area contributed by atoms with Crippen molar-refractivity contribution in [2.24, 2.45) is 0 Å². The first-order valence-corrected chi connectivity index (χ1v) is 8.92. The highest BCUT2D eigenvalue weighted by atomic mass is 32.2. The van der Waals surface area contributed by atoms with E-state index < -0.39 is 4.92 Å². The molecule has 0 amide bonds. The molecule has 0 fully saturated rings. The van der Waals surface area contributed by atoms with E-state index in [9.17, 15) is 10.1 Å². The molecule has 4 rings (SSSR count). The molecular weight excluding hydrogens is 368 g/mol. The van der Waals surface area contributed by atoms with Crippen LogP contribution in [0.25, 0.3) is 22.3 Å². The molecule has 6 nitrogen and oxygen atoms in total. The Kier molecular flexibility index (Phi) is 4.36. The van der Waals surface area contributed by atoms with Gasteiger partial charge in [-0.15, -0.1) is 12.6 Å². The number of nitrogens with one attached hydrogen (secondary N) is 1. The van der Waals surface area contributed by atoms with E-state index in [1.807, 2.05) is 36.4 Å². The Hall–Kier alpha value is -2.84. The van der Waals surface area contributed by atoms with Crippen LogP contribution < -0.4 is 0 Å². The van der Waals surface area contributed by atoms with Crippen molar-refractivity contribution in [1.82, 2.24) is 15.0 Å². The number of hydrogen-bond donors (Lipinski definition) is 2. The highest BCUT2D eigenvalue weighted by Crippen LogP contribution is 2.37. The third-order valence-electron chi connectivity index (χ3n) is 3.83. The number of nitro groups is 1. The molecule has 0 radical (unpaired) electrons. The summed E-state index contributed by atoms with van der Waals surface area (Å²) in [6, 6.07) is 16.5. The summed E-state index contributed by atoms with van der Waals surface area (Å²) < 4.78 is 0. The highest BCUT2D eigenvalue weighted by Gasteiger charge is 2.14. The summed E-state index contributed by atoms with van der Waals surface area (Å²) in [5.41, 5.74) is 2.72. The molecule has 2 aromatic carbocycles. The summed E-state index contributed by atoms with van der Waals surface area (Å²) in [6.45, 7) is 0. The Morgan fingerprint density at radius 1 is 1.08 bits per heavy atom. The van der Waals surface area contributed by atoms with Gasteiger partial charge in [0, 0.05) is 27.6 Å². The van der Waals surface area contributed by atoms with E-state index in [4.69, 9.17) is 0 Å². The molecule has 0 aliphatic carbocycles. The van der Waals surface area contributed by atoms with Crippen molar-refractivity contribution in [1.29, 1.82) is 0 Å². The molecule has 0 aliphatic heterocycles. The van der Waals surface area contributed by atoms with Gasteiger partial charge in [-0.2, -0.15) is 0 Å². The van der Waals surface area contributed by atoms with Crippen molar-refractivity contribution in [3.8, 4) is 11.3 Å². The van der Waals surface area contributed by atoms with E-state index in [0.29, 0.717) is 20.5 Å². The van der Waals surface area contributed by atoms with Gasteiger partial charge in [0.25, 0.3) is 5.69 Å². The fourth-order valence-electron chi connectivity index (χ4n) is 2.57. The number of hydrogen-bond acceptors (Lipinski definition) is 6. The van der Waals surface area contributed by atoms with Crippen molar-refractivity contribution in [2.75, 3.05) is 0 Å². The number of H-pyrrole nitrogens is 1. The first kappa shape index (κ1) is 16.6. The number of benzene rings is 2. The van der Waals surface area contributed by atoms with E-state index in [1.165, 1.54) is 30.2 Å². The molecule has 0 bridgehead atoms. The second-order valence-corrected chi connectivity index (χ2v) is 7.01. The third kappa shape index (κ3) is 3.16. The topological polar surface area (TPSA) is 84.7 Å². The lowest BCUT2D eigenvalue weighted by Gasteiger charge is -2.05. The first-order chi connectivity index (χ1) is 12.6. The van der Waals surface area contributed by atoms with Crippen molar-refractivity contribution in [3.63, 3.8) is 0 Å². The maximum absolute atomic E-state index is 11.0. The minimum atomic E-state index is -0.420. The Morgan fingerprint density at radius 2 is 1.88 bits per heavy atom. The van der Waals surface area contributed by atoms with E-state index >= 15 is 0 Å². The highest BCUT2D eigenvalue weighted by molar-refractivity contribution is 8.00. The van der Waals surface area contributed by atoms with Gasteiger partial charge in [0.1, 0.15) is 17.0 Å². The van der Waals surface area contributed by atoms with E-state index in [-0.39, 0.29) is 5.69 Å². The molecule has 128 valence electrons. The molecule has 0 unspecified atom stereocenters. The van der Waals surface area contributed by atoms with Gasteiger partial charge in [0.2, 0.25) is 0 Å². The standard InChI is InChI=1S/C18H12N4O2S2/c23-22(24)12-6-7-15(25)16(8-12)26-18-13-9-14(11-4-2-1-3-5-11)21-17(13)19-10-20-18/h1-10,25H,(H,19,20,21). The molecule has 2 heterocycles. The van der Waals surface area contributed by atoms with Crippen LogP contribution in [0, 0.1) is 10.1 Å². The van der Waals surface area contributed by atoms with Gasteiger partial charge < -0.3 is 4.98 Å². The smallest absolute Gasteiger partial charge is 0.270 e. The maximum atomic E-state index is 11.0. The van der Waals surface area contributed by atoms with Gasteiger partial charge in [0.05, 0.1) is 10.3 Å². The van der Waals surface area contributed by atoms with E-state index in [1.54, 1.807) is 6.07 Å². The average molecular weight is 380 g/mol. The molecule has 1 N–H and O–H groups in total. The Bertz CT molecular complexity index is 1110. The maximum Gasteiger partial charge on any atom is 0.270 e. The molecule has 0 aliphatic rings. The second kappa shape index (κ2) is 6.81. The number of non-ortho nitro benzene ring substituents is 1. The Balaban J connectivity index is 1.77. The number of nitro benzene ring substituents is 1. The number of aromatic nitrogens is 3. The lowest BCUT2D eigenvalue weighted by Crippen LogP contribution is -1.89. The van der Waals surface area contributed by atoms with Crippen LogP contribution in [0.2, 0.25) is 0 Å². The quantitative estimate of drug-likeness (QED) is 0.226. The van der Waals surface area contributed by atoms with Crippen LogP contribution in [0.15, 0.2) is 75.7 Å². The van der Waals surface area contributed by atoms with Crippen molar-refractivity contribution in [3.05, 3.63) is 71.0 Å². The molecular formula is C18H12N4O2S2. The summed E-state index contributed by atoms with van der Waals surface area (Å²) in [7, 11) is 0. The van der Waals surface area contributed by atoms with E-state index in [2.05, 4.69) is 27.6 Å². The number of fused-ring (bicyclic) bond motifs is 1. The zero-order chi connectivity index (χ0) is 18.1. The molecule has 26 heavy (non-hydrogen) atoms. The van der Waals surface area contributed by atoms with Crippen molar-refractivity contribution < 1.29 is 4.92 Å². The molecule has 8 heteroatoms. The van der Waals surface area contributed by atoms with Gasteiger partial charge in [-0.05, 0) is 17.7 Å². The summed E-state index contributed by atoms with van der Waals surface area (Å²) in [5.74, 6) is 0. The van der Waals surface area contributed by atoms with Crippen LogP contribution in [0.1, 0.15) is 0 Å². The van der Waals surface area contributed by atoms with Crippen LogP contribution in [0.3, 0.4) is 0 Å². The summed E-state index contributed by atoms with van der Waals surface area (Å²) in [5, 5.41) is 12.6. The molecule has 0 spiro atoms. The van der Waals surface area contributed by atoms with E-state index in [0.717, 1.165) is 16.6 Å². The minimum Gasteiger partial charge on any atom is -0.339 e. The minimum absolute atomic E-state index is 0.0228. The van der Waals surface area contributed by atoms with Gasteiger partial charge in [-0.1, -0.05) is 42.1 Å². The monoisotopic (exact) mass is 380 g/mol. The predicted molar refractivity (Wildman–Crippen MR) is 104 cm³/mol. The molecule has 0 atom stereocenters. The second-order valence-electron chi connectivity index (χ2n) is 5.50. The first-order valence-electron chi connectivity index (χ1n) is 7.66. The molecule has 0 saturated carbocycles. The van der Waals surface area contributed by atoms with Crippen molar-refractivity contribution in [2.45, 2.75) is 14.8 Å². The van der Waals surface area contributed by atoms with Gasteiger partial charge in [-0.25, -0.2) is 9.97 Å². The molecule has 0 saturated heterocycles. The number of rotatable bonds is 4. The Morgan fingerprint density at radius 3 is 2.65 bits per heavy atom. The van der Waals surface area contributed by atoms with Crippen LogP contribution in [-0.2, 0) is 0 Å². The zero-order valence-electron chi connectivity index (χ0n) is 13.3. The number of nitrogens with zero attached hydrogens (tertiary/aromatic N) is 3. The molecule has 4 aromatic rings.